The van der Waals surface area contributed by atoms with Crippen LogP contribution in [0.3, 0.4) is 0 Å². The average Bonchev–Trinajstić information content (AvgIpc) is 3.08. The maximum absolute atomic E-state index is 6.82. The van der Waals surface area contributed by atoms with Crippen LogP contribution in [-0.2, 0) is 0 Å². The fourth-order valence-corrected chi connectivity index (χ4v) is 4.95. The second kappa shape index (κ2) is 5.76. The Bertz CT molecular complexity index is 505. The first kappa shape index (κ1) is 14.5. The topological polar surface area (TPSA) is 18.5 Å². The lowest BCUT2D eigenvalue weighted by Crippen LogP contribution is -2.16. The van der Waals surface area contributed by atoms with Crippen LogP contribution in [0.25, 0.3) is 0 Å². The number of halogens is 2. The zero-order valence-corrected chi connectivity index (χ0v) is 14.2. The maximum Gasteiger partial charge on any atom is 0.133 e. The van der Waals surface area contributed by atoms with Crippen molar-refractivity contribution >= 4 is 27.5 Å². The molecule has 2 bridgehead atoms. The van der Waals surface area contributed by atoms with Gasteiger partial charge in [-0.1, -0.05) is 6.42 Å². The molecule has 20 heavy (non-hydrogen) atoms. The Morgan fingerprint density at radius 2 is 1.90 bits per heavy atom. The number of methoxy groups -OCH3 is 2. The molecule has 4 heteroatoms. The van der Waals surface area contributed by atoms with Gasteiger partial charge in [-0.05, 0) is 65.1 Å². The van der Waals surface area contributed by atoms with Gasteiger partial charge in [-0.3, -0.25) is 0 Å². The smallest absolute Gasteiger partial charge is 0.133 e. The highest BCUT2D eigenvalue weighted by Crippen LogP contribution is 2.55. The van der Waals surface area contributed by atoms with Crippen molar-refractivity contribution in [1.82, 2.24) is 0 Å². The van der Waals surface area contributed by atoms with Crippen LogP contribution in [0.4, 0.5) is 0 Å². The van der Waals surface area contributed by atoms with Crippen LogP contribution in [-0.4, -0.2) is 14.2 Å². The van der Waals surface area contributed by atoms with Crippen molar-refractivity contribution in [2.45, 2.75) is 31.1 Å². The Hall–Kier alpha value is -0.410. The third-order valence-corrected chi connectivity index (χ3v) is 6.15. The van der Waals surface area contributed by atoms with E-state index >= 15 is 0 Å². The fourth-order valence-electron chi connectivity index (χ4n) is 3.98. The third kappa shape index (κ3) is 2.43. The van der Waals surface area contributed by atoms with Gasteiger partial charge in [-0.15, -0.1) is 11.6 Å². The molecule has 0 spiro atoms. The van der Waals surface area contributed by atoms with Gasteiger partial charge in [-0.25, -0.2) is 0 Å². The van der Waals surface area contributed by atoms with E-state index in [-0.39, 0.29) is 5.38 Å². The van der Waals surface area contributed by atoms with Crippen molar-refractivity contribution in [1.29, 1.82) is 0 Å². The van der Waals surface area contributed by atoms with Gasteiger partial charge in [0.15, 0.2) is 0 Å². The van der Waals surface area contributed by atoms with Gasteiger partial charge in [0.1, 0.15) is 11.5 Å². The Kier molecular flexibility index (Phi) is 4.19. The van der Waals surface area contributed by atoms with Gasteiger partial charge >= 0.3 is 0 Å². The first-order valence-electron chi connectivity index (χ1n) is 7.19. The van der Waals surface area contributed by atoms with E-state index in [2.05, 4.69) is 15.9 Å². The summed E-state index contributed by atoms with van der Waals surface area (Å²) in [6, 6.07) is 3.98. The van der Waals surface area contributed by atoms with E-state index in [1.54, 1.807) is 14.2 Å². The summed E-state index contributed by atoms with van der Waals surface area (Å²) in [7, 11) is 3.37. The molecule has 2 aliphatic rings. The maximum atomic E-state index is 6.82. The largest absolute Gasteiger partial charge is 0.496 e. The molecule has 1 aromatic carbocycles. The van der Waals surface area contributed by atoms with Crippen molar-refractivity contribution in [3.63, 3.8) is 0 Å². The molecule has 1 aromatic rings. The molecule has 3 rings (SSSR count). The molecule has 0 radical (unpaired) electrons. The minimum Gasteiger partial charge on any atom is -0.496 e. The van der Waals surface area contributed by atoms with Crippen molar-refractivity contribution < 1.29 is 9.47 Å². The summed E-state index contributed by atoms with van der Waals surface area (Å²) in [5.74, 6) is 3.93. The number of hydrogen-bond acceptors (Lipinski definition) is 2. The van der Waals surface area contributed by atoms with Crippen molar-refractivity contribution in [2.75, 3.05) is 14.2 Å². The van der Waals surface area contributed by atoms with E-state index in [1.165, 1.54) is 25.7 Å². The number of ether oxygens (including phenoxy) is 2. The molecule has 2 saturated carbocycles. The Labute approximate surface area is 133 Å². The molecule has 0 heterocycles. The lowest BCUT2D eigenvalue weighted by Gasteiger charge is -2.28. The van der Waals surface area contributed by atoms with E-state index in [1.807, 2.05) is 12.1 Å². The molecule has 2 fully saturated rings. The van der Waals surface area contributed by atoms with Gasteiger partial charge in [0, 0.05) is 5.56 Å². The van der Waals surface area contributed by atoms with Crippen LogP contribution in [0.2, 0.25) is 0 Å². The fraction of sp³-hybridized carbons (Fsp3) is 0.625. The number of benzene rings is 1. The van der Waals surface area contributed by atoms with Crippen molar-refractivity contribution in [3.05, 3.63) is 22.2 Å². The highest BCUT2D eigenvalue weighted by atomic mass is 79.9. The van der Waals surface area contributed by atoms with Crippen LogP contribution in [0, 0.1) is 17.8 Å². The molecule has 110 valence electrons. The second-order valence-corrected chi connectivity index (χ2v) is 7.29. The zero-order valence-electron chi connectivity index (χ0n) is 11.9. The second-order valence-electron chi connectivity index (χ2n) is 5.97. The predicted molar refractivity (Wildman–Crippen MR) is 84.8 cm³/mol. The SMILES string of the molecule is COc1cc(C(Cl)C2CC3CCC2C3)c(OC)cc1Br. The van der Waals surface area contributed by atoms with Crippen molar-refractivity contribution in [2.24, 2.45) is 17.8 Å². The molecule has 0 aromatic heterocycles. The summed E-state index contributed by atoms with van der Waals surface area (Å²) in [6.07, 6.45) is 5.37. The van der Waals surface area contributed by atoms with Gasteiger partial charge in [0.05, 0.1) is 24.1 Å². The first-order chi connectivity index (χ1) is 9.63. The highest BCUT2D eigenvalue weighted by Gasteiger charge is 2.43. The van der Waals surface area contributed by atoms with Crippen molar-refractivity contribution in [3.8, 4) is 11.5 Å². The van der Waals surface area contributed by atoms with Crippen LogP contribution in [0.1, 0.15) is 36.6 Å². The van der Waals surface area contributed by atoms with Gasteiger partial charge in [-0.2, -0.15) is 0 Å². The number of rotatable bonds is 4. The van der Waals surface area contributed by atoms with Crippen LogP contribution < -0.4 is 9.47 Å². The molecule has 2 aliphatic carbocycles. The van der Waals surface area contributed by atoms with E-state index in [0.717, 1.165) is 33.4 Å². The van der Waals surface area contributed by atoms with Crippen LogP contribution in [0.5, 0.6) is 11.5 Å². The molecule has 0 N–H and O–H groups in total. The Morgan fingerprint density at radius 1 is 1.15 bits per heavy atom. The molecule has 2 nitrogen and oxygen atoms in total. The molecular formula is C16H20BrClO2. The highest BCUT2D eigenvalue weighted by molar-refractivity contribution is 9.10. The quantitative estimate of drug-likeness (QED) is 0.689. The summed E-state index contributed by atoms with van der Waals surface area (Å²) in [6.45, 7) is 0. The number of alkyl halides is 1. The van der Waals surface area contributed by atoms with E-state index in [4.69, 9.17) is 21.1 Å². The summed E-state index contributed by atoms with van der Waals surface area (Å²) in [4.78, 5) is 0. The monoisotopic (exact) mass is 358 g/mol. The molecule has 4 atom stereocenters. The molecular weight excluding hydrogens is 340 g/mol. The van der Waals surface area contributed by atoms with Gasteiger partial charge in [0.2, 0.25) is 0 Å². The number of hydrogen-bond donors (Lipinski definition) is 0. The molecule has 0 amide bonds. The average molecular weight is 360 g/mol. The first-order valence-corrected chi connectivity index (χ1v) is 8.42. The minimum atomic E-state index is 0.0160. The van der Waals surface area contributed by atoms with Crippen LogP contribution >= 0.6 is 27.5 Å². The summed E-state index contributed by atoms with van der Waals surface area (Å²) < 4.78 is 11.8. The number of fused-ring (bicyclic) bond motifs is 2. The zero-order chi connectivity index (χ0) is 14.3. The molecule has 0 aliphatic heterocycles. The van der Waals surface area contributed by atoms with Gasteiger partial charge in [0.25, 0.3) is 0 Å². The Morgan fingerprint density at radius 3 is 2.45 bits per heavy atom. The lowest BCUT2D eigenvalue weighted by atomic mass is 9.83. The standard InChI is InChI=1S/C16H20BrClO2/c1-19-14-8-13(17)15(20-2)7-12(14)16(18)11-6-9-3-4-10(11)5-9/h7-11,16H,3-6H2,1-2H3. The van der Waals surface area contributed by atoms with E-state index < -0.39 is 0 Å². The summed E-state index contributed by atoms with van der Waals surface area (Å²) in [5, 5.41) is 0.0160. The van der Waals surface area contributed by atoms with Crippen LogP contribution in [0.15, 0.2) is 16.6 Å². The lowest BCUT2D eigenvalue weighted by molar-refractivity contribution is 0.316. The van der Waals surface area contributed by atoms with E-state index in [9.17, 15) is 0 Å². The third-order valence-electron chi connectivity index (χ3n) is 4.97. The predicted octanol–water partition coefficient (Wildman–Crippen LogP) is 5.18. The molecule has 4 unspecified atom stereocenters. The van der Waals surface area contributed by atoms with Gasteiger partial charge < -0.3 is 9.47 Å². The summed E-state index contributed by atoms with van der Waals surface area (Å²) >= 11 is 10.3. The normalized spacial score (nSPS) is 29.5. The molecule has 0 saturated heterocycles. The summed E-state index contributed by atoms with van der Waals surface area (Å²) in [5.41, 5.74) is 1.06. The van der Waals surface area contributed by atoms with E-state index in [0.29, 0.717) is 5.92 Å². The Balaban J connectivity index is 1.92. The minimum absolute atomic E-state index is 0.0160.